The molecule has 0 aliphatic rings. The van der Waals surface area contributed by atoms with Crippen molar-refractivity contribution in [2.45, 2.75) is 201 Å². The molecule has 0 aromatic rings. The molecule has 13 heteroatoms. The van der Waals surface area contributed by atoms with E-state index in [1.165, 1.54) is 81.9 Å². The van der Waals surface area contributed by atoms with Gasteiger partial charge in [0.15, 0.2) is 0 Å². The second-order valence-electron chi connectivity index (χ2n) is 17.4. The Morgan fingerprint density at radius 1 is 0.410 bits per heavy atom. The molecule has 0 heterocycles. The number of nitrogens with zero attached hydrogens (tertiary/aromatic N) is 5. The highest BCUT2D eigenvalue weighted by Gasteiger charge is 2.28. The maximum atomic E-state index is 14.3. The Balaban J connectivity index is 6.09. The van der Waals surface area contributed by atoms with Gasteiger partial charge in [0.2, 0.25) is 23.6 Å². The molecule has 0 spiro atoms. The summed E-state index contributed by atoms with van der Waals surface area (Å²) in [6.45, 7) is 10.1. The van der Waals surface area contributed by atoms with E-state index in [1.807, 2.05) is 6.92 Å². The highest BCUT2D eigenvalue weighted by atomic mass is 16.3. The molecule has 0 aromatic carbocycles. The molecule has 0 saturated carbocycles. The summed E-state index contributed by atoms with van der Waals surface area (Å²) in [6, 6.07) is 0. The molecule has 0 rings (SSSR count). The van der Waals surface area contributed by atoms with Crippen LogP contribution >= 0.6 is 0 Å². The Bertz CT molecular complexity index is 1060. The van der Waals surface area contributed by atoms with E-state index in [-0.39, 0.29) is 76.7 Å². The topological polar surface area (TPSA) is 171 Å². The first-order chi connectivity index (χ1) is 29.6. The molecule has 0 aliphatic carbocycles. The fourth-order valence-electron chi connectivity index (χ4n) is 7.79. The zero-order chi connectivity index (χ0) is 45.4. The molecule has 0 fully saturated rings. The molecule has 1 unspecified atom stereocenters. The smallest absolute Gasteiger partial charge is 0.242 e. The highest BCUT2D eigenvalue weighted by Crippen LogP contribution is 2.14. The molecule has 0 bridgehead atoms. The van der Waals surface area contributed by atoms with E-state index in [0.29, 0.717) is 26.2 Å². The molecule has 360 valence electrons. The first-order valence-electron chi connectivity index (χ1n) is 25.1. The van der Waals surface area contributed by atoms with Crippen molar-refractivity contribution >= 4 is 23.6 Å². The molecule has 1 atom stereocenters. The van der Waals surface area contributed by atoms with Crippen molar-refractivity contribution in [2.24, 2.45) is 5.73 Å². The van der Waals surface area contributed by atoms with Crippen LogP contribution in [0.4, 0.5) is 0 Å². The highest BCUT2D eigenvalue weighted by molar-refractivity contribution is 5.86. The fourth-order valence-corrected chi connectivity index (χ4v) is 7.79. The van der Waals surface area contributed by atoms with Crippen LogP contribution in [0.15, 0.2) is 0 Å². The third-order valence-electron chi connectivity index (χ3n) is 11.7. The quantitative estimate of drug-likeness (QED) is 0.0369. The fraction of sp³-hybridized carbons (Fsp3) is 0.917. The summed E-state index contributed by atoms with van der Waals surface area (Å²) in [4.78, 5) is 62.2. The standard InChI is InChI=1S/C48H96N6O7/c1-5-9-13-16-19-22-25-28-32-51(39-44(49)57)46(59)41-52(31-12-8-4)47(60)43-54(34-30-27-24-21-18-15-11-7-3)48(61)42-53(33-29-26-23-20-17-14-10-6-2)45(58)40-50(35-37-55)36-38-56/h47,55-56,60H,5-43H2,1-4H3,(H2,49,57). The molecule has 4 amide bonds. The average Bonchev–Trinajstić information content (AvgIpc) is 3.23. The van der Waals surface area contributed by atoms with Crippen LogP contribution in [0, 0.1) is 0 Å². The summed E-state index contributed by atoms with van der Waals surface area (Å²) >= 11 is 0. The van der Waals surface area contributed by atoms with Gasteiger partial charge in [-0.15, -0.1) is 0 Å². The summed E-state index contributed by atoms with van der Waals surface area (Å²) in [5, 5.41) is 31.0. The molecule has 0 saturated heterocycles. The monoisotopic (exact) mass is 869 g/mol. The van der Waals surface area contributed by atoms with Crippen molar-refractivity contribution < 1.29 is 34.5 Å². The lowest BCUT2D eigenvalue weighted by atomic mass is 10.1. The number of rotatable bonds is 45. The first-order valence-corrected chi connectivity index (χ1v) is 25.1. The third kappa shape index (κ3) is 32.9. The first kappa shape index (κ1) is 58.7. The Labute approximate surface area is 373 Å². The van der Waals surface area contributed by atoms with E-state index >= 15 is 0 Å². The second kappa shape index (κ2) is 41.7. The molecule has 0 aliphatic heterocycles. The van der Waals surface area contributed by atoms with Gasteiger partial charge in [0.05, 0.1) is 45.9 Å². The van der Waals surface area contributed by atoms with Gasteiger partial charge < -0.3 is 35.8 Å². The normalized spacial score (nSPS) is 12.0. The van der Waals surface area contributed by atoms with Crippen LogP contribution in [0.2, 0.25) is 0 Å². The Morgan fingerprint density at radius 2 is 0.754 bits per heavy atom. The second-order valence-corrected chi connectivity index (χ2v) is 17.4. The van der Waals surface area contributed by atoms with Crippen molar-refractivity contribution in [3.8, 4) is 0 Å². The minimum Gasteiger partial charge on any atom is -0.395 e. The molecule has 61 heavy (non-hydrogen) atoms. The number of primary amides is 1. The number of hydrogen-bond acceptors (Lipinski definition) is 9. The molecule has 0 radical (unpaired) electrons. The van der Waals surface area contributed by atoms with E-state index in [0.717, 1.165) is 89.9 Å². The maximum Gasteiger partial charge on any atom is 0.242 e. The summed E-state index contributed by atoms with van der Waals surface area (Å²) in [7, 11) is 0. The average molecular weight is 869 g/mol. The molecular formula is C48H96N6O7. The van der Waals surface area contributed by atoms with Gasteiger partial charge in [0, 0.05) is 39.3 Å². The number of unbranched alkanes of at least 4 members (excludes halogenated alkanes) is 22. The minimum atomic E-state index is -1.13. The molecule has 13 nitrogen and oxygen atoms in total. The number of carbonyl (C=O) groups is 4. The number of aliphatic hydroxyl groups excluding tert-OH is 3. The largest absolute Gasteiger partial charge is 0.395 e. The summed E-state index contributed by atoms with van der Waals surface area (Å²) in [5.41, 5.74) is 5.59. The van der Waals surface area contributed by atoms with E-state index in [4.69, 9.17) is 5.73 Å². The zero-order valence-electron chi connectivity index (χ0n) is 39.9. The van der Waals surface area contributed by atoms with Crippen LogP contribution in [0.25, 0.3) is 0 Å². The Morgan fingerprint density at radius 3 is 1.15 bits per heavy atom. The molecule has 5 N–H and O–H groups in total. The van der Waals surface area contributed by atoms with Crippen molar-refractivity contribution in [2.75, 3.05) is 85.2 Å². The predicted molar refractivity (Wildman–Crippen MR) is 250 cm³/mol. The van der Waals surface area contributed by atoms with Gasteiger partial charge >= 0.3 is 0 Å². The van der Waals surface area contributed by atoms with E-state index in [9.17, 15) is 34.5 Å². The van der Waals surface area contributed by atoms with Gasteiger partial charge in [-0.2, -0.15) is 0 Å². The third-order valence-corrected chi connectivity index (χ3v) is 11.7. The number of nitrogens with two attached hydrogens (primary N) is 1. The predicted octanol–water partition coefficient (Wildman–Crippen LogP) is 7.09. The number of hydrogen-bond donors (Lipinski definition) is 4. The summed E-state index contributed by atoms with van der Waals surface area (Å²) in [6.07, 6.45) is 26.9. The van der Waals surface area contributed by atoms with E-state index in [1.54, 1.807) is 19.6 Å². The van der Waals surface area contributed by atoms with Crippen LogP contribution < -0.4 is 5.73 Å². The van der Waals surface area contributed by atoms with Gasteiger partial charge in [0.1, 0.15) is 6.23 Å². The van der Waals surface area contributed by atoms with Gasteiger partial charge in [-0.3, -0.25) is 29.0 Å². The van der Waals surface area contributed by atoms with Crippen LogP contribution in [-0.4, -0.2) is 155 Å². The Hall–Kier alpha value is -2.32. The van der Waals surface area contributed by atoms with Crippen LogP contribution in [0.1, 0.15) is 195 Å². The van der Waals surface area contributed by atoms with Crippen LogP contribution in [0.5, 0.6) is 0 Å². The van der Waals surface area contributed by atoms with Crippen LogP contribution in [0.3, 0.4) is 0 Å². The number of aliphatic hydroxyl groups is 3. The van der Waals surface area contributed by atoms with Crippen molar-refractivity contribution in [1.82, 2.24) is 24.5 Å². The lowest BCUT2D eigenvalue weighted by Crippen LogP contribution is -2.53. The summed E-state index contributed by atoms with van der Waals surface area (Å²) < 4.78 is 0. The van der Waals surface area contributed by atoms with Gasteiger partial charge in [-0.1, -0.05) is 169 Å². The number of amides is 4. The van der Waals surface area contributed by atoms with Crippen molar-refractivity contribution in [3.05, 3.63) is 0 Å². The Kier molecular flexibility index (Phi) is 40.1. The lowest BCUT2D eigenvalue weighted by molar-refractivity contribution is -0.145. The van der Waals surface area contributed by atoms with Gasteiger partial charge in [-0.05, 0) is 25.7 Å². The molecule has 0 aromatic heterocycles. The SMILES string of the molecule is CCCCCCCCCCN(CC(N)=O)C(=O)CN(CCCC)C(O)CN(CCCCCCCCCC)C(=O)CN(CCCCCCCCCC)C(=O)CN(CCO)CCO. The van der Waals surface area contributed by atoms with Crippen molar-refractivity contribution in [1.29, 1.82) is 0 Å². The number of carbonyl (C=O) groups excluding carboxylic acids is 4. The van der Waals surface area contributed by atoms with Gasteiger partial charge in [-0.25, -0.2) is 0 Å². The van der Waals surface area contributed by atoms with Gasteiger partial charge in [0.25, 0.3) is 0 Å². The van der Waals surface area contributed by atoms with Crippen molar-refractivity contribution in [3.63, 3.8) is 0 Å². The molecular weight excluding hydrogens is 773 g/mol. The maximum absolute atomic E-state index is 14.3. The van der Waals surface area contributed by atoms with Crippen LogP contribution in [-0.2, 0) is 19.2 Å². The zero-order valence-corrected chi connectivity index (χ0v) is 39.9. The summed E-state index contributed by atoms with van der Waals surface area (Å²) in [5.74, 6) is -1.32. The minimum absolute atomic E-state index is 0.0128. The van der Waals surface area contributed by atoms with E-state index in [2.05, 4.69) is 20.8 Å². The lowest BCUT2D eigenvalue weighted by Gasteiger charge is -2.34. The van der Waals surface area contributed by atoms with E-state index < -0.39 is 12.1 Å².